The highest BCUT2D eigenvalue weighted by molar-refractivity contribution is 5.83. The van der Waals surface area contributed by atoms with Crippen molar-refractivity contribution >= 4 is 10.9 Å². The van der Waals surface area contributed by atoms with Crippen LogP contribution in [0.5, 0.6) is 0 Å². The van der Waals surface area contributed by atoms with Gasteiger partial charge in [0, 0.05) is 23.6 Å². The Morgan fingerprint density at radius 2 is 2.00 bits per heavy atom. The molecule has 18 heavy (non-hydrogen) atoms. The Balaban J connectivity index is 2.16. The lowest BCUT2D eigenvalue weighted by Gasteiger charge is -2.01. The normalized spacial score (nSPS) is 11.2. The van der Waals surface area contributed by atoms with Gasteiger partial charge in [-0.05, 0) is 44.0 Å². The molecular formula is C16H24N2. The van der Waals surface area contributed by atoms with E-state index >= 15 is 0 Å². The number of nitrogens with zero attached hydrogens (tertiary/aromatic N) is 1. The van der Waals surface area contributed by atoms with Gasteiger partial charge in [-0.15, -0.1) is 0 Å². The van der Waals surface area contributed by atoms with Crippen LogP contribution < -0.4 is 5.32 Å². The molecule has 1 aromatic carbocycles. The van der Waals surface area contributed by atoms with Gasteiger partial charge in [0.05, 0.1) is 0 Å². The fourth-order valence-corrected chi connectivity index (χ4v) is 2.53. The highest BCUT2D eigenvalue weighted by Gasteiger charge is 2.06. The van der Waals surface area contributed by atoms with Crippen LogP contribution in [-0.4, -0.2) is 17.7 Å². The van der Waals surface area contributed by atoms with Crippen LogP contribution in [0, 0.1) is 0 Å². The van der Waals surface area contributed by atoms with E-state index in [9.17, 15) is 0 Å². The number of rotatable bonds is 7. The fourth-order valence-electron chi connectivity index (χ4n) is 2.53. The minimum absolute atomic E-state index is 1.07. The van der Waals surface area contributed by atoms with Crippen molar-refractivity contribution in [1.82, 2.24) is 9.88 Å². The second kappa shape index (κ2) is 6.60. The van der Waals surface area contributed by atoms with Crippen molar-refractivity contribution < 1.29 is 0 Å². The van der Waals surface area contributed by atoms with E-state index in [0.29, 0.717) is 0 Å². The Hall–Kier alpha value is -1.28. The van der Waals surface area contributed by atoms with Crippen LogP contribution in [0.1, 0.15) is 32.3 Å². The third-order valence-corrected chi connectivity index (χ3v) is 3.39. The lowest BCUT2D eigenvalue weighted by atomic mass is 10.1. The fraction of sp³-hybridized carbons (Fsp3) is 0.500. The number of hydrogen-bond donors (Lipinski definition) is 1. The molecule has 0 saturated heterocycles. The van der Waals surface area contributed by atoms with Crippen molar-refractivity contribution in [3.63, 3.8) is 0 Å². The first-order chi connectivity index (χ1) is 8.86. The molecule has 0 radical (unpaired) electrons. The quantitative estimate of drug-likeness (QED) is 0.736. The third kappa shape index (κ3) is 2.94. The molecule has 1 heterocycles. The van der Waals surface area contributed by atoms with E-state index in [4.69, 9.17) is 0 Å². The molecule has 0 spiro atoms. The zero-order chi connectivity index (χ0) is 12.8. The van der Waals surface area contributed by atoms with Gasteiger partial charge in [0.2, 0.25) is 0 Å². The summed E-state index contributed by atoms with van der Waals surface area (Å²) in [7, 11) is 0. The van der Waals surface area contributed by atoms with Crippen LogP contribution >= 0.6 is 0 Å². The number of nitrogens with one attached hydrogen (secondary N) is 1. The lowest BCUT2D eigenvalue weighted by molar-refractivity contribution is 0.668. The molecule has 0 amide bonds. The summed E-state index contributed by atoms with van der Waals surface area (Å²) in [5.74, 6) is 0. The standard InChI is InChI=1S/C16H24N2/c1-3-12-18-13-14(8-7-11-17-4-2)15-9-5-6-10-16(15)18/h5-6,9-10,13,17H,3-4,7-8,11-12H2,1-2H3. The van der Waals surface area contributed by atoms with E-state index in [1.165, 1.54) is 35.7 Å². The van der Waals surface area contributed by atoms with Crippen LogP contribution in [0.4, 0.5) is 0 Å². The summed E-state index contributed by atoms with van der Waals surface area (Å²) in [5.41, 5.74) is 2.88. The molecule has 2 aromatic rings. The summed E-state index contributed by atoms with van der Waals surface area (Å²) < 4.78 is 2.40. The van der Waals surface area contributed by atoms with E-state index in [2.05, 4.69) is 54.2 Å². The van der Waals surface area contributed by atoms with Crippen molar-refractivity contribution in [3.05, 3.63) is 36.0 Å². The first-order valence-corrected chi connectivity index (χ1v) is 7.14. The predicted octanol–water partition coefficient (Wildman–Crippen LogP) is 3.59. The van der Waals surface area contributed by atoms with Gasteiger partial charge in [-0.1, -0.05) is 32.0 Å². The predicted molar refractivity (Wildman–Crippen MR) is 79.1 cm³/mol. The highest BCUT2D eigenvalue weighted by Crippen LogP contribution is 2.22. The van der Waals surface area contributed by atoms with Crippen molar-refractivity contribution in [2.24, 2.45) is 0 Å². The molecule has 2 rings (SSSR count). The molecule has 98 valence electrons. The van der Waals surface area contributed by atoms with Gasteiger partial charge >= 0.3 is 0 Å². The summed E-state index contributed by atoms with van der Waals surface area (Å²) in [6.07, 6.45) is 5.92. The van der Waals surface area contributed by atoms with Crippen LogP contribution in [0.25, 0.3) is 10.9 Å². The number of para-hydroxylation sites is 1. The maximum absolute atomic E-state index is 3.39. The van der Waals surface area contributed by atoms with Crippen LogP contribution in [0.3, 0.4) is 0 Å². The molecule has 2 nitrogen and oxygen atoms in total. The Bertz CT molecular complexity index is 485. The Morgan fingerprint density at radius 1 is 1.17 bits per heavy atom. The molecule has 0 aliphatic heterocycles. The largest absolute Gasteiger partial charge is 0.347 e. The monoisotopic (exact) mass is 244 g/mol. The van der Waals surface area contributed by atoms with Crippen LogP contribution in [-0.2, 0) is 13.0 Å². The highest BCUT2D eigenvalue weighted by atomic mass is 15.0. The lowest BCUT2D eigenvalue weighted by Crippen LogP contribution is -2.14. The van der Waals surface area contributed by atoms with Gasteiger partial charge in [0.1, 0.15) is 0 Å². The van der Waals surface area contributed by atoms with Gasteiger partial charge in [0.25, 0.3) is 0 Å². The number of benzene rings is 1. The van der Waals surface area contributed by atoms with Crippen molar-refractivity contribution in [3.8, 4) is 0 Å². The van der Waals surface area contributed by atoms with Gasteiger partial charge in [-0.3, -0.25) is 0 Å². The first-order valence-electron chi connectivity index (χ1n) is 7.14. The van der Waals surface area contributed by atoms with Crippen molar-refractivity contribution in [1.29, 1.82) is 0 Å². The second-order valence-corrected chi connectivity index (χ2v) is 4.82. The third-order valence-electron chi connectivity index (χ3n) is 3.39. The first kappa shape index (κ1) is 13.2. The van der Waals surface area contributed by atoms with Crippen LogP contribution in [0.2, 0.25) is 0 Å². The Kier molecular flexibility index (Phi) is 4.82. The number of fused-ring (bicyclic) bond motifs is 1. The van der Waals surface area contributed by atoms with Gasteiger partial charge in [-0.25, -0.2) is 0 Å². The molecule has 0 fully saturated rings. The number of aromatic nitrogens is 1. The molecule has 0 unspecified atom stereocenters. The minimum Gasteiger partial charge on any atom is -0.347 e. The molecule has 0 aliphatic rings. The summed E-state index contributed by atoms with van der Waals surface area (Å²) in [6, 6.07) is 8.77. The Labute approximate surface area is 110 Å². The summed E-state index contributed by atoms with van der Waals surface area (Å²) in [4.78, 5) is 0. The molecule has 0 saturated carbocycles. The minimum atomic E-state index is 1.07. The maximum Gasteiger partial charge on any atom is 0.0483 e. The molecule has 0 aliphatic carbocycles. The summed E-state index contributed by atoms with van der Waals surface area (Å²) in [5, 5.41) is 4.82. The Morgan fingerprint density at radius 3 is 2.78 bits per heavy atom. The van der Waals surface area contributed by atoms with Crippen molar-refractivity contribution in [2.45, 2.75) is 39.7 Å². The number of aryl methyl sites for hydroxylation is 2. The topological polar surface area (TPSA) is 17.0 Å². The van der Waals surface area contributed by atoms with E-state index < -0.39 is 0 Å². The average molecular weight is 244 g/mol. The molecule has 0 atom stereocenters. The zero-order valence-corrected chi connectivity index (χ0v) is 11.6. The van der Waals surface area contributed by atoms with Gasteiger partial charge < -0.3 is 9.88 Å². The number of hydrogen-bond acceptors (Lipinski definition) is 1. The van der Waals surface area contributed by atoms with Gasteiger partial charge in [0.15, 0.2) is 0 Å². The van der Waals surface area contributed by atoms with Crippen molar-refractivity contribution in [2.75, 3.05) is 13.1 Å². The maximum atomic E-state index is 3.39. The average Bonchev–Trinajstić information content (AvgIpc) is 2.74. The van der Waals surface area contributed by atoms with E-state index in [1.54, 1.807) is 0 Å². The van der Waals surface area contributed by atoms with Gasteiger partial charge in [-0.2, -0.15) is 0 Å². The molecule has 0 bridgehead atoms. The molecular weight excluding hydrogens is 220 g/mol. The second-order valence-electron chi connectivity index (χ2n) is 4.82. The smallest absolute Gasteiger partial charge is 0.0483 e. The van der Waals surface area contributed by atoms with Crippen LogP contribution in [0.15, 0.2) is 30.5 Å². The SMILES string of the molecule is CCCn1cc(CCCNCC)c2ccccc21. The van der Waals surface area contributed by atoms with E-state index in [0.717, 1.165) is 19.6 Å². The van der Waals surface area contributed by atoms with E-state index in [-0.39, 0.29) is 0 Å². The summed E-state index contributed by atoms with van der Waals surface area (Å²) in [6.45, 7) is 7.70. The zero-order valence-electron chi connectivity index (χ0n) is 11.6. The molecule has 1 N–H and O–H groups in total. The molecule has 1 aromatic heterocycles. The molecule has 2 heteroatoms. The van der Waals surface area contributed by atoms with E-state index in [1.807, 2.05) is 0 Å². The summed E-state index contributed by atoms with van der Waals surface area (Å²) >= 11 is 0.